The molecule has 0 aliphatic carbocycles. The number of hydrogen-bond acceptors (Lipinski definition) is 5. The van der Waals surface area contributed by atoms with E-state index in [0.717, 1.165) is 16.8 Å². The summed E-state index contributed by atoms with van der Waals surface area (Å²) in [6.45, 7) is 3.76. The molecule has 0 saturated carbocycles. The Kier molecular flexibility index (Phi) is 5.20. The van der Waals surface area contributed by atoms with Gasteiger partial charge in [0.1, 0.15) is 5.69 Å². The van der Waals surface area contributed by atoms with Crippen molar-refractivity contribution in [1.82, 2.24) is 9.97 Å². The first-order valence-electron chi connectivity index (χ1n) is 7.81. The van der Waals surface area contributed by atoms with Crippen molar-refractivity contribution in [1.29, 1.82) is 0 Å². The van der Waals surface area contributed by atoms with Gasteiger partial charge in [-0.15, -0.1) is 0 Å². The van der Waals surface area contributed by atoms with E-state index in [4.69, 9.17) is 9.47 Å². The second-order valence-corrected chi connectivity index (χ2v) is 5.49. The molecule has 24 heavy (non-hydrogen) atoms. The van der Waals surface area contributed by atoms with Crippen LogP contribution in [0, 0.1) is 6.92 Å². The lowest BCUT2D eigenvalue weighted by Gasteiger charge is -2.30. The first kappa shape index (κ1) is 16.6. The molecule has 3 rings (SSSR count). The van der Waals surface area contributed by atoms with Crippen LogP contribution in [0.25, 0.3) is 11.1 Å². The third-order valence-corrected chi connectivity index (χ3v) is 3.85. The van der Waals surface area contributed by atoms with Gasteiger partial charge in [-0.25, -0.2) is 13.8 Å². The summed E-state index contributed by atoms with van der Waals surface area (Å²) in [5.41, 5.74) is 3.43. The van der Waals surface area contributed by atoms with Crippen LogP contribution in [0.4, 0.5) is 14.5 Å². The summed E-state index contributed by atoms with van der Waals surface area (Å²) in [6, 6.07) is 5.74. The molecule has 0 atom stereocenters. The lowest BCUT2D eigenvalue weighted by atomic mass is 10.1. The second kappa shape index (κ2) is 7.53. The van der Waals surface area contributed by atoms with Gasteiger partial charge < -0.3 is 14.4 Å². The molecule has 1 aliphatic heterocycles. The number of alkyl halides is 2. The van der Waals surface area contributed by atoms with E-state index in [2.05, 4.69) is 9.97 Å². The van der Waals surface area contributed by atoms with Crippen LogP contribution in [-0.4, -0.2) is 49.3 Å². The molecule has 7 heteroatoms. The molecular formula is C17H19F2N3O2. The number of ether oxygens (including phenoxy) is 2. The number of aryl methyl sites for hydroxylation is 1. The second-order valence-electron chi connectivity index (χ2n) is 5.49. The van der Waals surface area contributed by atoms with E-state index in [9.17, 15) is 8.78 Å². The molecule has 0 unspecified atom stereocenters. The Bertz CT molecular complexity index is 691. The summed E-state index contributed by atoms with van der Waals surface area (Å²) in [5.74, 6) is 0.225. The van der Waals surface area contributed by atoms with Gasteiger partial charge in [0.05, 0.1) is 13.2 Å². The van der Waals surface area contributed by atoms with Crippen molar-refractivity contribution in [2.24, 2.45) is 0 Å². The molecule has 128 valence electrons. The van der Waals surface area contributed by atoms with E-state index in [1.165, 1.54) is 0 Å². The van der Waals surface area contributed by atoms with Gasteiger partial charge in [0.2, 0.25) is 5.88 Å². The van der Waals surface area contributed by atoms with Gasteiger partial charge in [0, 0.05) is 42.3 Å². The molecule has 3 heterocycles. The third-order valence-electron chi connectivity index (χ3n) is 3.85. The molecule has 0 N–H and O–H groups in total. The van der Waals surface area contributed by atoms with Crippen molar-refractivity contribution in [3.8, 4) is 17.0 Å². The monoisotopic (exact) mass is 335 g/mol. The Balaban J connectivity index is 1.96. The Morgan fingerprint density at radius 1 is 1.29 bits per heavy atom. The zero-order valence-corrected chi connectivity index (χ0v) is 13.4. The molecule has 2 aromatic heterocycles. The Labute approximate surface area is 139 Å². The van der Waals surface area contributed by atoms with Crippen molar-refractivity contribution in [3.63, 3.8) is 0 Å². The molecule has 5 nitrogen and oxygen atoms in total. The lowest BCUT2D eigenvalue weighted by molar-refractivity contribution is 0.0793. The van der Waals surface area contributed by atoms with Gasteiger partial charge in [-0.2, -0.15) is 0 Å². The summed E-state index contributed by atoms with van der Waals surface area (Å²) in [4.78, 5) is 10.6. The number of rotatable bonds is 5. The minimum atomic E-state index is -2.54. The smallest absolute Gasteiger partial charge is 0.272 e. The maximum atomic E-state index is 12.5. The number of aromatic nitrogens is 2. The van der Waals surface area contributed by atoms with Crippen LogP contribution in [0.5, 0.6) is 5.88 Å². The van der Waals surface area contributed by atoms with E-state index >= 15 is 0 Å². The first-order chi connectivity index (χ1) is 11.6. The summed E-state index contributed by atoms with van der Waals surface area (Å²) in [7, 11) is 0. The molecule has 0 bridgehead atoms. The summed E-state index contributed by atoms with van der Waals surface area (Å²) >= 11 is 0. The van der Waals surface area contributed by atoms with Crippen LogP contribution in [0.1, 0.15) is 5.69 Å². The van der Waals surface area contributed by atoms with Crippen LogP contribution in [0.15, 0.2) is 30.6 Å². The van der Waals surface area contributed by atoms with Gasteiger partial charge in [0.25, 0.3) is 6.43 Å². The number of anilines is 1. The highest BCUT2D eigenvalue weighted by Gasteiger charge is 2.19. The van der Waals surface area contributed by atoms with Crippen molar-refractivity contribution < 1.29 is 18.3 Å². The largest absolute Gasteiger partial charge is 0.470 e. The summed E-state index contributed by atoms with van der Waals surface area (Å²) in [5, 5.41) is 0. The zero-order chi connectivity index (χ0) is 16.9. The fourth-order valence-electron chi connectivity index (χ4n) is 2.66. The van der Waals surface area contributed by atoms with Crippen LogP contribution in [0.3, 0.4) is 0 Å². The Morgan fingerprint density at radius 3 is 2.79 bits per heavy atom. The highest BCUT2D eigenvalue weighted by molar-refractivity contribution is 5.71. The number of halogens is 2. The van der Waals surface area contributed by atoms with Crippen LogP contribution < -0.4 is 9.64 Å². The maximum Gasteiger partial charge on any atom is 0.272 e. The van der Waals surface area contributed by atoms with E-state index in [1.54, 1.807) is 12.4 Å². The molecule has 0 amide bonds. The SMILES string of the molecule is Cc1ncccc1-c1cnc(OCC(F)F)c(N2CCOCC2)c1. The lowest BCUT2D eigenvalue weighted by Crippen LogP contribution is -2.36. The van der Waals surface area contributed by atoms with Gasteiger partial charge in [-0.3, -0.25) is 4.98 Å². The maximum absolute atomic E-state index is 12.5. The number of pyridine rings is 2. The van der Waals surface area contributed by atoms with Crippen molar-refractivity contribution in [3.05, 3.63) is 36.3 Å². The Hall–Kier alpha value is -2.28. The van der Waals surface area contributed by atoms with Gasteiger partial charge in [-0.1, -0.05) is 6.07 Å². The predicted molar refractivity (Wildman–Crippen MR) is 86.7 cm³/mol. The van der Waals surface area contributed by atoms with Crippen LogP contribution in [-0.2, 0) is 4.74 Å². The Morgan fingerprint density at radius 2 is 2.08 bits per heavy atom. The van der Waals surface area contributed by atoms with Crippen LogP contribution >= 0.6 is 0 Å². The first-order valence-corrected chi connectivity index (χ1v) is 7.81. The van der Waals surface area contributed by atoms with Crippen LogP contribution in [0.2, 0.25) is 0 Å². The average Bonchev–Trinajstić information content (AvgIpc) is 2.61. The van der Waals surface area contributed by atoms with Gasteiger partial charge >= 0.3 is 0 Å². The topological polar surface area (TPSA) is 47.5 Å². The molecule has 1 fully saturated rings. The third kappa shape index (κ3) is 3.79. The standard InChI is InChI=1S/C17H19F2N3O2/c1-12-14(3-2-4-20-12)13-9-15(22-5-7-23-8-6-22)17(21-10-13)24-11-16(18)19/h2-4,9-10,16H,5-8,11H2,1H3. The highest BCUT2D eigenvalue weighted by Crippen LogP contribution is 2.32. The number of nitrogens with zero attached hydrogens (tertiary/aromatic N) is 3. The quantitative estimate of drug-likeness (QED) is 0.841. The predicted octanol–water partition coefficient (Wildman–Crippen LogP) is 2.93. The van der Waals surface area contributed by atoms with Crippen molar-refractivity contribution in [2.75, 3.05) is 37.8 Å². The fourth-order valence-corrected chi connectivity index (χ4v) is 2.66. The molecular weight excluding hydrogens is 316 g/mol. The minimum absolute atomic E-state index is 0.225. The summed E-state index contributed by atoms with van der Waals surface area (Å²) in [6.07, 6.45) is 0.828. The molecule has 1 aliphatic rings. The average molecular weight is 335 g/mol. The van der Waals surface area contributed by atoms with E-state index in [1.807, 2.05) is 30.0 Å². The van der Waals surface area contributed by atoms with E-state index in [-0.39, 0.29) is 5.88 Å². The van der Waals surface area contributed by atoms with E-state index < -0.39 is 13.0 Å². The molecule has 2 aromatic rings. The van der Waals surface area contributed by atoms with Crippen molar-refractivity contribution in [2.45, 2.75) is 13.3 Å². The van der Waals surface area contributed by atoms with E-state index in [0.29, 0.717) is 32.0 Å². The number of morpholine rings is 1. The molecule has 0 aromatic carbocycles. The van der Waals surface area contributed by atoms with Crippen molar-refractivity contribution >= 4 is 5.69 Å². The normalized spacial score (nSPS) is 14.9. The minimum Gasteiger partial charge on any atom is -0.470 e. The van der Waals surface area contributed by atoms with Gasteiger partial charge in [-0.05, 0) is 19.1 Å². The van der Waals surface area contributed by atoms with Gasteiger partial charge in [0.15, 0.2) is 6.61 Å². The zero-order valence-electron chi connectivity index (χ0n) is 13.4. The molecule has 0 spiro atoms. The summed E-state index contributed by atoms with van der Waals surface area (Å²) < 4.78 is 35.6. The molecule has 0 radical (unpaired) electrons. The highest BCUT2D eigenvalue weighted by atomic mass is 19.3. The molecule has 1 saturated heterocycles. The number of hydrogen-bond donors (Lipinski definition) is 0. The fraction of sp³-hybridized carbons (Fsp3) is 0.412.